The van der Waals surface area contributed by atoms with E-state index in [-0.39, 0.29) is 10.9 Å². The minimum atomic E-state index is -0.543. The van der Waals surface area contributed by atoms with Crippen molar-refractivity contribution in [1.82, 2.24) is 0 Å². The molecule has 0 aromatic carbocycles. The van der Waals surface area contributed by atoms with Crippen molar-refractivity contribution < 1.29 is 9.59 Å². The Morgan fingerprint density at radius 3 is 2.58 bits per heavy atom. The van der Waals surface area contributed by atoms with Gasteiger partial charge >= 0.3 is 0 Å². The Balaban J connectivity index is 2.88. The second kappa shape index (κ2) is 3.05. The molecule has 0 N–H and O–H groups in total. The molecule has 0 saturated carbocycles. The Hall–Kier alpha value is -0.570. The predicted octanol–water partition coefficient (Wildman–Crippen LogP) is 1.80. The molecule has 0 radical (unpaired) electrons. The van der Waals surface area contributed by atoms with Gasteiger partial charge in [0.1, 0.15) is 0 Å². The summed E-state index contributed by atoms with van der Waals surface area (Å²) >= 11 is 1.15. The predicted molar refractivity (Wildman–Crippen MR) is 50.0 cm³/mol. The summed E-state index contributed by atoms with van der Waals surface area (Å²) in [6, 6.07) is 0. The highest BCUT2D eigenvalue weighted by molar-refractivity contribution is 8.16. The molecule has 1 saturated heterocycles. The zero-order valence-corrected chi connectivity index (χ0v) is 8.11. The monoisotopic (exact) mass is 184 g/mol. The molecule has 3 heteroatoms. The molecule has 1 aliphatic rings. The Kier molecular flexibility index (Phi) is 2.42. The molecule has 12 heavy (non-hydrogen) atoms. The maximum Gasteiger partial charge on any atom is 0.200 e. The molecule has 0 spiro atoms. The van der Waals surface area contributed by atoms with Crippen LogP contribution in [0, 0.1) is 5.92 Å². The highest BCUT2D eigenvalue weighted by Gasteiger charge is 2.47. The van der Waals surface area contributed by atoms with Crippen LogP contribution in [0.25, 0.3) is 0 Å². The van der Waals surface area contributed by atoms with Gasteiger partial charge in [0, 0.05) is 0 Å². The lowest BCUT2D eigenvalue weighted by Crippen LogP contribution is -2.28. The molecular weight excluding hydrogens is 172 g/mol. The van der Waals surface area contributed by atoms with E-state index in [0.717, 1.165) is 11.8 Å². The van der Waals surface area contributed by atoms with Crippen LogP contribution in [0.1, 0.15) is 20.3 Å². The molecule has 1 aliphatic heterocycles. The summed E-state index contributed by atoms with van der Waals surface area (Å²) < 4.78 is -0.543. The molecule has 2 atom stereocenters. The van der Waals surface area contributed by atoms with Gasteiger partial charge in [0.2, 0.25) is 0 Å². The molecule has 0 bridgehead atoms. The number of thioether (sulfide) groups is 1. The lowest BCUT2D eigenvalue weighted by atomic mass is 9.94. The van der Waals surface area contributed by atoms with Gasteiger partial charge < -0.3 is 0 Å². The average Bonchev–Trinajstić information content (AvgIpc) is 2.17. The lowest BCUT2D eigenvalue weighted by Gasteiger charge is -2.17. The summed E-state index contributed by atoms with van der Waals surface area (Å²) in [5.74, 6) is -0.391. The number of hydrogen-bond acceptors (Lipinski definition) is 3. The van der Waals surface area contributed by atoms with E-state index in [1.165, 1.54) is 0 Å². The molecule has 0 amide bonds. The van der Waals surface area contributed by atoms with Crippen LogP contribution in [0.2, 0.25) is 0 Å². The number of carbonyl (C=O) groups excluding carboxylic acids is 2. The topological polar surface area (TPSA) is 34.1 Å². The van der Waals surface area contributed by atoms with Crippen molar-refractivity contribution in [3.63, 3.8) is 0 Å². The van der Waals surface area contributed by atoms with Crippen LogP contribution < -0.4 is 0 Å². The minimum absolute atomic E-state index is 0.00986. The Morgan fingerprint density at radius 2 is 2.25 bits per heavy atom. The summed E-state index contributed by atoms with van der Waals surface area (Å²) in [7, 11) is 0. The number of Topliss-reactive ketones (excluding diaryl/α,β-unsaturated/α-hetero) is 1. The van der Waals surface area contributed by atoms with E-state index in [9.17, 15) is 9.59 Å². The third-order valence-electron chi connectivity index (χ3n) is 2.13. The number of ketones is 1. The molecule has 0 aromatic rings. The molecule has 1 rings (SSSR count). The number of hydrogen-bond donors (Lipinski definition) is 0. The van der Waals surface area contributed by atoms with E-state index < -0.39 is 10.7 Å². The Labute approximate surface area is 76.4 Å². The zero-order valence-electron chi connectivity index (χ0n) is 7.29. The van der Waals surface area contributed by atoms with Crippen molar-refractivity contribution >= 4 is 22.7 Å². The van der Waals surface area contributed by atoms with E-state index in [1.807, 2.05) is 6.92 Å². The Bertz CT molecular complexity index is 247. The summed E-state index contributed by atoms with van der Waals surface area (Å²) in [5, 5.41) is -0.00986. The molecule has 0 aromatic heterocycles. The van der Waals surface area contributed by atoms with Gasteiger partial charge in [0.25, 0.3) is 0 Å². The van der Waals surface area contributed by atoms with Gasteiger partial charge in [-0.25, -0.2) is 0 Å². The molecule has 66 valence electrons. The summed E-state index contributed by atoms with van der Waals surface area (Å²) in [6.45, 7) is 7.06. The first kappa shape index (κ1) is 9.52. The van der Waals surface area contributed by atoms with E-state index in [1.54, 1.807) is 13.0 Å². The summed E-state index contributed by atoms with van der Waals surface area (Å²) in [4.78, 5) is 22.7. The van der Waals surface area contributed by atoms with Crippen molar-refractivity contribution in [3.8, 4) is 0 Å². The Morgan fingerprint density at radius 1 is 1.67 bits per heavy atom. The van der Waals surface area contributed by atoms with Crippen molar-refractivity contribution in [1.29, 1.82) is 0 Å². The fourth-order valence-corrected chi connectivity index (χ4v) is 2.55. The quantitative estimate of drug-likeness (QED) is 0.485. The van der Waals surface area contributed by atoms with Gasteiger partial charge in [-0.15, -0.1) is 6.58 Å². The first-order valence-corrected chi connectivity index (χ1v) is 4.71. The van der Waals surface area contributed by atoms with Gasteiger partial charge in [0.15, 0.2) is 10.9 Å². The van der Waals surface area contributed by atoms with Gasteiger partial charge in [-0.2, -0.15) is 0 Å². The van der Waals surface area contributed by atoms with Crippen LogP contribution in [-0.2, 0) is 9.59 Å². The van der Waals surface area contributed by atoms with Crippen LogP contribution in [0.5, 0.6) is 0 Å². The van der Waals surface area contributed by atoms with Crippen molar-refractivity contribution in [2.45, 2.75) is 25.0 Å². The van der Waals surface area contributed by atoms with Gasteiger partial charge in [-0.3, -0.25) is 9.59 Å². The maximum atomic E-state index is 11.5. The van der Waals surface area contributed by atoms with Crippen LogP contribution in [-0.4, -0.2) is 15.6 Å². The summed E-state index contributed by atoms with van der Waals surface area (Å²) in [6.07, 6.45) is 2.27. The van der Waals surface area contributed by atoms with Crippen molar-refractivity contribution in [2.24, 2.45) is 5.92 Å². The van der Waals surface area contributed by atoms with Crippen LogP contribution in [0.15, 0.2) is 12.7 Å². The van der Waals surface area contributed by atoms with Crippen LogP contribution in [0.4, 0.5) is 0 Å². The lowest BCUT2D eigenvalue weighted by molar-refractivity contribution is -0.127. The summed E-state index contributed by atoms with van der Waals surface area (Å²) in [5.41, 5.74) is 0. The standard InChI is InChI=1S/C9H12O2S/c1-4-5-9(3)7(10)6(2)8(11)12-9/h4,6H,1,5H2,2-3H3. The SMILES string of the molecule is C=CCC1(C)SC(=O)C(C)C1=O. The second-order valence-corrected chi connectivity index (χ2v) is 4.74. The third kappa shape index (κ3) is 1.33. The minimum Gasteiger partial charge on any atom is -0.297 e. The molecule has 2 unspecified atom stereocenters. The van der Waals surface area contributed by atoms with E-state index >= 15 is 0 Å². The fraction of sp³-hybridized carbons (Fsp3) is 0.556. The number of rotatable bonds is 2. The highest BCUT2D eigenvalue weighted by atomic mass is 32.2. The smallest absolute Gasteiger partial charge is 0.200 e. The normalized spacial score (nSPS) is 35.7. The van der Waals surface area contributed by atoms with Crippen molar-refractivity contribution in [3.05, 3.63) is 12.7 Å². The van der Waals surface area contributed by atoms with E-state index in [2.05, 4.69) is 6.58 Å². The van der Waals surface area contributed by atoms with Crippen molar-refractivity contribution in [2.75, 3.05) is 0 Å². The molecular formula is C9H12O2S. The van der Waals surface area contributed by atoms with Crippen LogP contribution >= 0.6 is 11.8 Å². The maximum absolute atomic E-state index is 11.5. The van der Waals surface area contributed by atoms with Gasteiger partial charge in [0.05, 0.1) is 10.7 Å². The van der Waals surface area contributed by atoms with E-state index in [4.69, 9.17) is 0 Å². The first-order valence-electron chi connectivity index (χ1n) is 3.89. The molecule has 2 nitrogen and oxygen atoms in total. The highest BCUT2D eigenvalue weighted by Crippen LogP contribution is 2.41. The van der Waals surface area contributed by atoms with E-state index in [0.29, 0.717) is 6.42 Å². The molecule has 1 heterocycles. The first-order chi connectivity index (χ1) is 5.51. The number of allylic oxidation sites excluding steroid dienone is 1. The largest absolute Gasteiger partial charge is 0.297 e. The molecule has 1 fully saturated rings. The van der Waals surface area contributed by atoms with Gasteiger partial charge in [-0.05, 0) is 20.3 Å². The zero-order chi connectivity index (χ0) is 9.35. The number of carbonyl (C=O) groups is 2. The van der Waals surface area contributed by atoms with Crippen LogP contribution in [0.3, 0.4) is 0 Å². The molecule has 0 aliphatic carbocycles. The second-order valence-electron chi connectivity index (χ2n) is 3.23. The van der Waals surface area contributed by atoms with Gasteiger partial charge in [-0.1, -0.05) is 17.8 Å². The average molecular weight is 184 g/mol. The fourth-order valence-electron chi connectivity index (χ4n) is 1.34. The third-order valence-corrected chi connectivity index (χ3v) is 3.50.